The molecular formula is C12H19N5O2S. The number of hydrogen-bond donors (Lipinski definition) is 2. The molecule has 0 amide bonds. The maximum atomic E-state index is 12.4. The maximum Gasteiger partial charge on any atom is 0.244 e. The van der Waals surface area contributed by atoms with Gasteiger partial charge in [0.15, 0.2) is 0 Å². The first kappa shape index (κ1) is 14.8. The molecule has 2 N–H and O–H groups in total. The van der Waals surface area contributed by atoms with E-state index in [0.29, 0.717) is 13.1 Å². The van der Waals surface area contributed by atoms with Crippen LogP contribution in [0.2, 0.25) is 0 Å². The minimum Gasteiger partial charge on any atom is -0.363 e. The monoisotopic (exact) mass is 297 g/mol. The highest BCUT2D eigenvalue weighted by atomic mass is 32.2. The summed E-state index contributed by atoms with van der Waals surface area (Å²) in [5.41, 5.74) is 1.69. The van der Waals surface area contributed by atoms with E-state index in [1.165, 1.54) is 10.5 Å². The van der Waals surface area contributed by atoms with Gasteiger partial charge in [-0.25, -0.2) is 8.42 Å². The van der Waals surface area contributed by atoms with Crippen molar-refractivity contribution in [2.45, 2.75) is 18.0 Å². The summed E-state index contributed by atoms with van der Waals surface area (Å²) in [7, 11) is 1.68. The number of rotatable bonds is 6. The molecule has 7 nitrogen and oxygen atoms in total. The lowest BCUT2D eigenvalue weighted by Crippen LogP contribution is -2.26. The number of sulfonamides is 1. The molecular weight excluding hydrogens is 278 g/mol. The summed E-state index contributed by atoms with van der Waals surface area (Å²) in [4.78, 5) is 3.22. The smallest absolute Gasteiger partial charge is 0.244 e. The second-order valence-electron chi connectivity index (χ2n) is 4.67. The fourth-order valence-electron chi connectivity index (χ4n) is 1.94. The van der Waals surface area contributed by atoms with Gasteiger partial charge in [-0.15, -0.1) is 0 Å². The molecule has 2 aromatic rings. The van der Waals surface area contributed by atoms with Crippen LogP contribution in [0.3, 0.4) is 0 Å². The Morgan fingerprint density at radius 3 is 2.85 bits per heavy atom. The lowest BCUT2D eigenvalue weighted by atomic mass is 10.4. The van der Waals surface area contributed by atoms with E-state index in [-0.39, 0.29) is 4.90 Å². The zero-order valence-electron chi connectivity index (χ0n) is 11.8. The van der Waals surface area contributed by atoms with Gasteiger partial charge in [0.05, 0.1) is 11.1 Å². The summed E-state index contributed by atoms with van der Waals surface area (Å²) in [6.45, 7) is 0.893. The third-order valence-corrected chi connectivity index (χ3v) is 4.74. The molecule has 0 atom stereocenters. The molecule has 0 radical (unpaired) electrons. The second kappa shape index (κ2) is 5.78. The van der Waals surface area contributed by atoms with E-state index in [1.54, 1.807) is 37.2 Å². The van der Waals surface area contributed by atoms with Crippen LogP contribution in [-0.4, -0.2) is 41.6 Å². The topological polar surface area (TPSA) is 83.0 Å². The Labute approximate surface area is 118 Å². The predicted molar refractivity (Wildman–Crippen MR) is 75.4 cm³/mol. The first-order valence-electron chi connectivity index (χ1n) is 6.19. The molecule has 2 heterocycles. The Morgan fingerprint density at radius 2 is 2.25 bits per heavy atom. The summed E-state index contributed by atoms with van der Waals surface area (Å²) in [6.07, 6.45) is 4.98. The van der Waals surface area contributed by atoms with Gasteiger partial charge in [0, 0.05) is 50.8 Å². The zero-order chi connectivity index (χ0) is 14.8. The normalized spacial score (nSPS) is 12.2. The van der Waals surface area contributed by atoms with Crippen molar-refractivity contribution in [1.82, 2.24) is 24.4 Å². The predicted octanol–water partition coefficient (Wildman–Crippen LogP) is 0.288. The van der Waals surface area contributed by atoms with Crippen molar-refractivity contribution in [2.75, 3.05) is 14.1 Å². The van der Waals surface area contributed by atoms with Crippen molar-refractivity contribution in [3.05, 3.63) is 35.9 Å². The van der Waals surface area contributed by atoms with Crippen molar-refractivity contribution in [1.29, 1.82) is 0 Å². The number of hydrogen-bond acceptors (Lipinski definition) is 4. The van der Waals surface area contributed by atoms with Crippen molar-refractivity contribution >= 4 is 10.0 Å². The molecule has 0 aromatic carbocycles. The molecule has 0 saturated carbocycles. The first-order chi connectivity index (χ1) is 9.43. The Bertz CT molecular complexity index is 674. The van der Waals surface area contributed by atoms with Crippen LogP contribution in [0, 0.1) is 0 Å². The van der Waals surface area contributed by atoms with Crippen LogP contribution >= 0.6 is 0 Å². The molecule has 20 heavy (non-hydrogen) atoms. The van der Waals surface area contributed by atoms with E-state index < -0.39 is 10.0 Å². The van der Waals surface area contributed by atoms with Crippen LogP contribution in [0.25, 0.3) is 0 Å². The van der Waals surface area contributed by atoms with Gasteiger partial charge in [0.1, 0.15) is 0 Å². The SMILES string of the molecule is CNCc1cc(S(=O)(=O)N(C)Cc2cnn(C)c2)c[nH]1. The van der Waals surface area contributed by atoms with Crippen LogP contribution in [-0.2, 0) is 30.2 Å². The average molecular weight is 297 g/mol. The van der Waals surface area contributed by atoms with E-state index in [1.807, 2.05) is 7.05 Å². The van der Waals surface area contributed by atoms with Gasteiger partial charge in [-0.3, -0.25) is 4.68 Å². The molecule has 0 aliphatic carbocycles. The first-order valence-corrected chi connectivity index (χ1v) is 7.63. The van der Waals surface area contributed by atoms with Crippen LogP contribution in [0.1, 0.15) is 11.3 Å². The number of aryl methyl sites for hydroxylation is 1. The number of nitrogens with one attached hydrogen (secondary N) is 2. The van der Waals surface area contributed by atoms with Crippen molar-refractivity contribution in [3.8, 4) is 0 Å². The largest absolute Gasteiger partial charge is 0.363 e. The molecule has 0 aliphatic rings. The molecule has 2 aromatic heterocycles. The standard InChI is InChI=1S/C12H19N5O2S/c1-13-6-11-4-12(7-14-11)20(18,19)17(3)9-10-5-15-16(2)8-10/h4-5,7-8,13-14H,6,9H2,1-3H3. The number of H-pyrrole nitrogens is 1. The van der Waals surface area contributed by atoms with Crippen molar-refractivity contribution in [3.63, 3.8) is 0 Å². The van der Waals surface area contributed by atoms with Gasteiger partial charge in [0.2, 0.25) is 10.0 Å². The highest BCUT2D eigenvalue weighted by Crippen LogP contribution is 2.17. The Morgan fingerprint density at radius 1 is 1.50 bits per heavy atom. The molecule has 0 unspecified atom stereocenters. The zero-order valence-corrected chi connectivity index (χ0v) is 12.6. The van der Waals surface area contributed by atoms with E-state index in [4.69, 9.17) is 0 Å². The number of nitrogens with zero attached hydrogens (tertiary/aromatic N) is 3. The number of aromatic amines is 1. The maximum absolute atomic E-state index is 12.4. The van der Waals surface area contributed by atoms with Gasteiger partial charge < -0.3 is 10.3 Å². The molecule has 0 fully saturated rings. The quantitative estimate of drug-likeness (QED) is 0.803. The van der Waals surface area contributed by atoms with Crippen molar-refractivity contribution in [2.24, 2.45) is 7.05 Å². The summed E-state index contributed by atoms with van der Waals surface area (Å²) >= 11 is 0. The van der Waals surface area contributed by atoms with E-state index >= 15 is 0 Å². The number of aromatic nitrogens is 3. The second-order valence-corrected chi connectivity index (χ2v) is 6.72. The highest BCUT2D eigenvalue weighted by Gasteiger charge is 2.22. The summed E-state index contributed by atoms with van der Waals surface area (Å²) < 4.78 is 27.8. The van der Waals surface area contributed by atoms with E-state index in [2.05, 4.69) is 15.4 Å². The summed E-state index contributed by atoms with van der Waals surface area (Å²) in [5.74, 6) is 0. The van der Waals surface area contributed by atoms with Gasteiger partial charge in [-0.2, -0.15) is 9.40 Å². The molecule has 2 rings (SSSR count). The fraction of sp³-hybridized carbons (Fsp3) is 0.417. The molecule has 0 bridgehead atoms. The van der Waals surface area contributed by atoms with Crippen molar-refractivity contribution < 1.29 is 8.42 Å². The van der Waals surface area contributed by atoms with Gasteiger partial charge in [-0.05, 0) is 13.1 Å². The average Bonchev–Trinajstić information content (AvgIpc) is 2.99. The van der Waals surface area contributed by atoms with Crippen LogP contribution in [0.15, 0.2) is 29.6 Å². The van der Waals surface area contributed by atoms with Crippen LogP contribution < -0.4 is 5.32 Å². The Balaban J connectivity index is 2.15. The summed E-state index contributed by atoms with van der Waals surface area (Å²) in [6, 6.07) is 1.64. The Hall–Kier alpha value is -1.64. The van der Waals surface area contributed by atoms with Gasteiger partial charge >= 0.3 is 0 Å². The molecule has 0 saturated heterocycles. The summed E-state index contributed by atoms with van der Waals surface area (Å²) in [5, 5.41) is 7.00. The minimum atomic E-state index is -3.49. The van der Waals surface area contributed by atoms with E-state index in [9.17, 15) is 8.42 Å². The lowest BCUT2D eigenvalue weighted by molar-refractivity contribution is 0.466. The highest BCUT2D eigenvalue weighted by molar-refractivity contribution is 7.89. The molecule has 0 aliphatic heterocycles. The van der Waals surface area contributed by atoms with Gasteiger partial charge in [0.25, 0.3) is 0 Å². The minimum absolute atomic E-state index is 0.272. The van der Waals surface area contributed by atoms with Crippen LogP contribution in [0.4, 0.5) is 0 Å². The third kappa shape index (κ3) is 3.09. The third-order valence-electron chi connectivity index (χ3n) is 2.96. The molecule has 110 valence electrons. The lowest BCUT2D eigenvalue weighted by Gasteiger charge is -2.15. The molecule has 0 spiro atoms. The van der Waals surface area contributed by atoms with Crippen LogP contribution in [0.5, 0.6) is 0 Å². The molecule has 8 heteroatoms. The Kier molecular flexibility index (Phi) is 4.26. The van der Waals surface area contributed by atoms with Gasteiger partial charge in [-0.1, -0.05) is 0 Å². The van der Waals surface area contributed by atoms with E-state index in [0.717, 1.165) is 11.3 Å². The fourth-order valence-corrected chi connectivity index (χ4v) is 3.11.